The van der Waals surface area contributed by atoms with Crippen molar-refractivity contribution in [3.05, 3.63) is 0 Å². The number of hydroxylamine groups is 1. The Kier molecular flexibility index (Phi) is 11.3. The summed E-state index contributed by atoms with van der Waals surface area (Å²) < 4.78 is 5.46. The number of amides is 3. The van der Waals surface area contributed by atoms with Crippen molar-refractivity contribution in [2.24, 2.45) is 11.8 Å². The Labute approximate surface area is 186 Å². The SMILES string of the molecule is CC(C)C1NC(=O)C(CC(=O)NO[C@H]2CCCCO2)CCCCCCCCN(C)C1=O. The van der Waals surface area contributed by atoms with Gasteiger partial charge in [-0.2, -0.15) is 0 Å². The van der Waals surface area contributed by atoms with Crippen LogP contribution in [0.3, 0.4) is 0 Å². The van der Waals surface area contributed by atoms with Crippen LogP contribution in [0.25, 0.3) is 0 Å². The van der Waals surface area contributed by atoms with Gasteiger partial charge in [0.15, 0.2) is 6.29 Å². The zero-order valence-electron chi connectivity index (χ0n) is 19.5. The summed E-state index contributed by atoms with van der Waals surface area (Å²) in [5.41, 5.74) is 2.46. The fraction of sp³-hybridized carbons (Fsp3) is 0.870. The molecule has 8 heteroatoms. The van der Waals surface area contributed by atoms with Gasteiger partial charge in [0.05, 0.1) is 0 Å². The van der Waals surface area contributed by atoms with Crippen molar-refractivity contribution in [3.8, 4) is 0 Å². The van der Waals surface area contributed by atoms with Crippen molar-refractivity contribution < 1.29 is 24.0 Å². The van der Waals surface area contributed by atoms with Gasteiger partial charge in [0, 0.05) is 39.0 Å². The summed E-state index contributed by atoms with van der Waals surface area (Å²) in [7, 11) is 1.80. The zero-order chi connectivity index (χ0) is 22.6. The number of rotatable bonds is 5. The molecule has 2 unspecified atom stereocenters. The van der Waals surface area contributed by atoms with E-state index in [9.17, 15) is 14.4 Å². The van der Waals surface area contributed by atoms with Crippen LogP contribution < -0.4 is 10.8 Å². The fourth-order valence-electron chi connectivity index (χ4n) is 4.11. The van der Waals surface area contributed by atoms with Crippen LogP contribution in [0.2, 0.25) is 0 Å². The number of ether oxygens (including phenoxy) is 1. The Balaban J connectivity index is 1.99. The minimum absolute atomic E-state index is 0.0342. The smallest absolute Gasteiger partial charge is 0.245 e. The quantitative estimate of drug-likeness (QED) is 0.642. The first-order valence-corrected chi connectivity index (χ1v) is 12.0. The maximum absolute atomic E-state index is 13.1. The van der Waals surface area contributed by atoms with Crippen molar-refractivity contribution in [1.82, 2.24) is 15.7 Å². The van der Waals surface area contributed by atoms with E-state index in [1.807, 2.05) is 13.8 Å². The van der Waals surface area contributed by atoms with Gasteiger partial charge in [0.2, 0.25) is 17.7 Å². The van der Waals surface area contributed by atoms with Gasteiger partial charge in [-0.25, -0.2) is 10.3 Å². The van der Waals surface area contributed by atoms with E-state index in [1.54, 1.807) is 11.9 Å². The summed E-state index contributed by atoms with van der Waals surface area (Å²) in [4.78, 5) is 45.5. The molecule has 3 atom stereocenters. The number of hydrogen-bond donors (Lipinski definition) is 2. The van der Waals surface area contributed by atoms with E-state index in [4.69, 9.17) is 9.57 Å². The molecule has 2 heterocycles. The summed E-state index contributed by atoms with van der Waals surface area (Å²) in [5.74, 6) is -1.16. The van der Waals surface area contributed by atoms with Crippen LogP contribution >= 0.6 is 0 Å². The topological polar surface area (TPSA) is 97.0 Å². The number of hydrogen-bond acceptors (Lipinski definition) is 5. The summed E-state index contributed by atoms with van der Waals surface area (Å²) in [6.45, 7) is 5.19. The van der Waals surface area contributed by atoms with E-state index in [-0.39, 0.29) is 30.1 Å². The number of likely N-dealkylation sites (N-methyl/N-ethyl adjacent to an activating group) is 1. The van der Waals surface area contributed by atoms with E-state index >= 15 is 0 Å². The molecule has 0 bridgehead atoms. The molecule has 2 N–H and O–H groups in total. The molecule has 0 aromatic carbocycles. The summed E-state index contributed by atoms with van der Waals surface area (Å²) in [6, 6.07) is -0.585. The maximum atomic E-state index is 13.1. The second-order valence-electron chi connectivity index (χ2n) is 9.24. The lowest BCUT2D eigenvalue weighted by molar-refractivity contribution is -0.200. The average Bonchev–Trinajstić information content (AvgIpc) is 2.76. The number of carbonyl (C=O) groups excluding carboxylic acids is 3. The van der Waals surface area contributed by atoms with Gasteiger partial charge in [0.25, 0.3) is 0 Å². The molecule has 8 nitrogen and oxygen atoms in total. The molecular weight excluding hydrogens is 398 g/mol. The van der Waals surface area contributed by atoms with Gasteiger partial charge in [-0.05, 0) is 31.6 Å². The predicted molar refractivity (Wildman–Crippen MR) is 118 cm³/mol. The summed E-state index contributed by atoms with van der Waals surface area (Å²) in [6.07, 6.45) is 9.23. The third kappa shape index (κ3) is 9.15. The molecule has 0 saturated carbocycles. The van der Waals surface area contributed by atoms with Crippen LogP contribution in [-0.2, 0) is 24.0 Å². The summed E-state index contributed by atoms with van der Waals surface area (Å²) in [5, 5.41) is 2.94. The Morgan fingerprint density at radius 2 is 1.77 bits per heavy atom. The van der Waals surface area contributed by atoms with Crippen molar-refractivity contribution in [1.29, 1.82) is 0 Å². The highest BCUT2D eigenvalue weighted by molar-refractivity contribution is 5.90. The highest BCUT2D eigenvalue weighted by atomic mass is 16.8. The monoisotopic (exact) mass is 439 g/mol. The summed E-state index contributed by atoms with van der Waals surface area (Å²) >= 11 is 0. The fourth-order valence-corrected chi connectivity index (χ4v) is 4.11. The highest BCUT2D eigenvalue weighted by Crippen LogP contribution is 2.19. The van der Waals surface area contributed by atoms with Crippen LogP contribution in [0, 0.1) is 11.8 Å². The van der Waals surface area contributed by atoms with E-state index in [0.29, 0.717) is 19.6 Å². The van der Waals surface area contributed by atoms with E-state index < -0.39 is 18.2 Å². The lowest BCUT2D eigenvalue weighted by Crippen LogP contribution is -2.52. The third-order valence-corrected chi connectivity index (χ3v) is 6.15. The van der Waals surface area contributed by atoms with Crippen LogP contribution in [0.4, 0.5) is 0 Å². The van der Waals surface area contributed by atoms with Crippen molar-refractivity contribution in [2.45, 2.75) is 96.8 Å². The average molecular weight is 440 g/mol. The van der Waals surface area contributed by atoms with Gasteiger partial charge < -0.3 is 15.0 Å². The first-order valence-electron chi connectivity index (χ1n) is 12.0. The van der Waals surface area contributed by atoms with Crippen molar-refractivity contribution in [2.75, 3.05) is 20.2 Å². The number of nitrogens with zero attached hydrogens (tertiary/aromatic N) is 1. The van der Waals surface area contributed by atoms with Crippen LogP contribution in [0.1, 0.15) is 84.5 Å². The molecule has 2 fully saturated rings. The van der Waals surface area contributed by atoms with Gasteiger partial charge in [-0.15, -0.1) is 0 Å². The van der Waals surface area contributed by atoms with E-state index in [0.717, 1.165) is 57.8 Å². The number of carbonyl (C=O) groups is 3. The molecule has 178 valence electrons. The Morgan fingerprint density at radius 3 is 2.45 bits per heavy atom. The Morgan fingerprint density at radius 1 is 1.10 bits per heavy atom. The minimum Gasteiger partial charge on any atom is -0.350 e. The normalized spacial score (nSPS) is 27.5. The molecular formula is C23H41N3O5. The molecule has 3 amide bonds. The second-order valence-corrected chi connectivity index (χ2v) is 9.24. The molecule has 2 aliphatic rings. The zero-order valence-corrected chi connectivity index (χ0v) is 19.5. The Bertz CT molecular complexity index is 578. The molecule has 2 aliphatic heterocycles. The molecule has 2 rings (SSSR count). The minimum atomic E-state index is -0.585. The molecule has 0 aromatic rings. The molecule has 2 saturated heterocycles. The number of nitrogens with one attached hydrogen (secondary N) is 2. The molecule has 0 radical (unpaired) electrons. The first-order chi connectivity index (χ1) is 14.9. The standard InChI is InChI=1S/C23H41N3O5/c1-17(2)21-23(29)26(3)14-10-7-5-4-6-8-12-18(22(28)24-21)16-19(27)25-31-20-13-9-11-15-30-20/h17-18,20-21H,4-16H2,1-3H3,(H,24,28)(H,25,27)/t18?,20-,21?/m0/s1. The van der Waals surface area contributed by atoms with Gasteiger partial charge in [-0.1, -0.05) is 46.0 Å². The highest BCUT2D eigenvalue weighted by Gasteiger charge is 2.31. The van der Waals surface area contributed by atoms with E-state index in [2.05, 4.69) is 10.8 Å². The second kappa shape index (κ2) is 13.7. The van der Waals surface area contributed by atoms with Crippen molar-refractivity contribution >= 4 is 17.7 Å². The first kappa shape index (κ1) is 25.6. The van der Waals surface area contributed by atoms with E-state index in [1.165, 1.54) is 0 Å². The lowest BCUT2D eigenvalue weighted by atomic mass is 9.94. The maximum Gasteiger partial charge on any atom is 0.245 e. The molecule has 0 aromatic heterocycles. The molecule has 31 heavy (non-hydrogen) atoms. The molecule has 0 spiro atoms. The van der Waals surface area contributed by atoms with Crippen LogP contribution in [0.5, 0.6) is 0 Å². The predicted octanol–water partition coefficient (Wildman–Crippen LogP) is 2.91. The van der Waals surface area contributed by atoms with Crippen molar-refractivity contribution in [3.63, 3.8) is 0 Å². The molecule has 0 aliphatic carbocycles. The van der Waals surface area contributed by atoms with Gasteiger partial charge >= 0.3 is 0 Å². The third-order valence-electron chi connectivity index (χ3n) is 6.15. The van der Waals surface area contributed by atoms with Crippen LogP contribution in [0.15, 0.2) is 0 Å². The van der Waals surface area contributed by atoms with Crippen LogP contribution in [-0.4, -0.2) is 55.2 Å². The lowest BCUT2D eigenvalue weighted by Gasteiger charge is -2.29. The Hall–Kier alpha value is -1.67. The van der Waals surface area contributed by atoms with Gasteiger partial charge in [0.1, 0.15) is 6.04 Å². The van der Waals surface area contributed by atoms with Gasteiger partial charge in [-0.3, -0.25) is 14.4 Å². The largest absolute Gasteiger partial charge is 0.350 e.